The van der Waals surface area contributed by atoms with Crippen LogP contribution in [0.4, 0.5) is 0 Å². The summed E-state index contributed by atoms with van der Waals surface area (Å²) in [5.74, 6) is 0.920. The van der Waals surface area contributed by atoms with Gasteiger partial charge in [-0.25, -0.2) is 4.98 Å². The Bertz CT molecular complexity index is 283. The summed E-state index contributed by atoms with van der Waals surface area (Å²) in [6.45, 7) is 2.37. The second-order valence-electron chi connectivity index (χ2n) is 3.12. The second-order valence-corrected chi connectivity index (χ2v) is 4.93. The van der Waals surface area contributed by atoms with Gasteiger partial charge < -0.3 is 5.11 Å². The Morgan fingerprint density at radius 3 is 3.07 bits per heavy atom. The van der Waals surface area contributed by atoms with Gasteiger partial charge in [-0.15, -0.1) is 0 Å². The number of aliphatic hydroxyl groups excluding tert-OH is 1. The lowest BCUT2D eigenvalue weighted by Gasteiger charge is -2.08. The van der Waals surface area contributed by atoms with Gasteiger partial charge in [0.2, 0.25) is 0 Å². The number of hydrogen-bond donors (Lipinski definition) is 1. The van der Waals surface area contributed by atoms with Gasteiger partial charge in [0.15, 0.2) is 0 Å². The molecule has 0 aromatic carbocycles. The summed E-state index contributed by atoms with van der Waals surface area (Å²) >= 11 is 7.58. The molecule has 14 heavy (non-hydrogen) atoms. The Kier molecular flexibility index (Phi) is 5.30. The lowest BCUT2D eigenvalue weighted by molar-refractivity contribution is 0.289. The lowest BCUT2D eigenvalue weighted by Crippen LogP contribution is -1.99. The van der Waals surface area contributed by atoms with E-state index < -0.39 is 0 Å². The van der Waals surface area contributed by atoms with Crippen LogP contribution in [0.25, 0.3) is 0 Å². The first-order valence-electron chi connectivity index (χ1n) is 4.55. The minimum Gasteiger partial charge on any atom is -0.396 e. The van der Waals surface area contributed by atoms with Crippen LogP contribution in [0.15, 0.2) is 18.3 Å². The number of aromatic nitrogens is 1. The molecule has 1 aromatic rings. The summed E-state index contributed by atoms with van der Waals surface area (Å²) in [7, 11) is 0. The summed E-state index contributed by atoms with van der Waals surface area (Å²) in [6, 6.07) is 3.84. The van der Waals surface area contributed by atoms with Crippen molar-refractivity contribution < 1.29 is 5.11 Å². The normalized spacial score (nSPS) is 12.8. The highest BCUT2D eigenvalue weighted by Crippen LogP contribution is 2.20. The van der Waals surface area contributed by atoms with E-state index in [9.17, 15) is 0 Å². The Hall–Kier alpha value is -0.250. The molecule has 4 heteroatoms. The maximum atomic E-state index is 8.73. The van der Waals surface area contributed by atoms with Gasteiger partial charge >= 0.3 is 0 Å². The number of halogens is 1. The molecule has 0 spiro atoms. The number of hydrogen-bond acceptors (Lipinski definition) is 3. The maximum absolute atomic E-state index is 8.73. The molecule has 78 valence electrons. The summed E-state index contributed by atoms with van der Waals surface area (Å²) in [5.41, 5.74) is 1.18. The van der Waals surface area contributed by atoms with Crippen LogP contribution in [0.1, 0.15) is 18.9 Å². The van der Waals surface area contributed by atoms with E-state index >= 15 is 0 Å². The Labute approximate surface area is 93.7 Å². The molecule has 0 fully saturated rings. The van der Waals surface area contributed by atoms with Crippen LogP contribution >= 0.6 is 23.4 Å². The zero-order valence-electron chi connectivity index (χ0n) is 8.11. The van der Waals surface area contributed by atoms with Gasteiger partial charge in [-0.1, -0.05) is 18.5 Å². The first kappa shape index (κ1) is 11.8. The maximum Gasteiger partial charge on any atom is 0.129 e. The van der Waals surface area contributed by atoms with Crippen LogP contribution in [-0.4, -0.2) is 21.9 Å². The van der Waals surface area contributed by atoms with E-state index in [0.29, 0.717) is 10.4 Å². The molecule has 1 N–H and O–H groups in total. The van der Waals surface area contributed by atoms with Crippen molar-refractivity contribution in [1.82, 2.24) is 4.98 Å². The van der Waals surface area contributed by atoms with Crippen molar-refractivity contribution in [2.24, 2.45) is 0 Å². The van der Waals surface area contributed by atoms with E-state index in [0.717, 1.165) is 12.2 Å². The zero-order valence-corrected chi connectivity index (χ0v) is 9.68. The van der Waals surface area contributed by atoms with Gasteiger partial charge in [0.05, 0.1) is 0 Å². The summed E-state index contributed by atoms with van der Waals surface area (Å²) in [6.07, 6.45) is 2.55. The first-order chi connectivity index (χ1) is 6.72. The number of thioether (sulfide) groups is 1. The molecule has 0 saturated carbocycles. The van der Waals surface area contributed by atoms with Crippen LogP contribution in [-0.2, 0) is 5.75 Å². The molecule has 0 saturated heterocycles. The van der Waals surface area contributed by atoms with E-state index in [1.807, 2.05) is 23.9 Å². The Morgan fingerprint density at radius 1 is 1.64 bits per heavy atom. The average molecular weight is 232 g/mol. The van der Waals surface area contributed by atoms with Crippen molar-refractivity contribution >= 4 is 23.4 Å². The fraction of sp³-hybridized carbons (Fsp3) is 0.500. The van der Waals surface area contributed by atoms with Gasteiger partial charge in [-0.3, -0.25) is 0 Å². The monoisotopic (exact) mass is 231 g/mol. The molecule has 1 heterocycles. The topological polar surface area (TPSA) is 33.1 Å². The van der Waals surface area contributed by atoms with Crippen LogP contribution < -0.4 is 0 Å². The smallest absolute Gasteiger partial charge is 0.129 e. The molecule has 2 nitrogen and oxygen atoms in total. The fourth-order valence-corrected chi connectivity index (χ4v) is 2.16. The standard InChI is InChI=1S/C10H14ClNOS/c1-8(3-5-13)14-7-9-2-4-12-10(11)6-9/h2,4,6,8,13H,3,5,7H2,1H3. The number of rotatable bonds is 5. The predicted octanol–water partition coefficient (Wildman–Crippen LogP) is 2.74. The van der Waals surface area contributed by atoms with Crippen molar-refractivity contribution in [3.63, 3.8) is 0 Å². The largest absolute Gasteiger partial charge is 0.396 e. The summed E-state index contributed by atoms with van der Waals surface area (Å²) in [4.78, 5) is 3.92. The first-order valence-corrected chi connectivity index (χ1v) is 5.98. The molecule has 1 aromatic heterocycles. The molecule has 1 rings (SSSR count). The number of aliphatic hydroxyl groups is 1. The summed E-state index contributed by atoms with van der Waals surface area (Å²) in [5, 5.41) is 9.75. The average Bonchev–Trinajstić information content (AvgIpc) is 2.15. The minimum atomic E-state index is 0.255. The molecule has 1 atom stereocenters. The minimum absolute atomic E-state index is 0.255. The molecule has 0 aliphatic carbocycles. The fourth-order valence-electron chi connectivity index (χ4n) is 1.04. The predicted molar refractivity (Wildman–Crippen MR) is 61.7 cm³/mol. The van der Waals surface area contributed by atoms with Crippen molar-refractivity contribution in [2.75, 3.05) is 6.61 Å². The molecule has 0 bridgehead atoms. The summed E-state index contributed by atoms with van der Waals surface area (Å²) < 4.78 is 0. The Balaban J connectivity index is 2.37. The van der Waals surface area contributed by atoms with E-state index in [2.05, 4.69) is 11.9 Å². The highest BCUT2D eigenvalue weighted by molar-refractivity contribution is 7.99. The molecule has 0 aliphatic rings. The van der Waals surface area contributed by atoms with Crippen molar-refractivity contribution in [3.8, 4) is 0 Å². The number of nitrogens with zero attached hydrogens (tertiary/aromatic N) is 1. The van der Waals surface area contributed by atoms with Crippen molar-refractivity contribution in [2.45, 2.75) is 24.3 Å². The highest BCUT2D eigenvalue weighted by atomic mass is 35.5. The molecule has 1 unspecified atom stereocenters. The van der Waals surface area contributed by atoms with Gasteiger partial charge in [0, 0.05) is 23.8 Å². The zero-order chi connectivity index (χ0) is 10.4. The highest BCUT2D eigenvalue weighted by Gasteiger charge is 2.02. The van der Waals surface area contributed by atoms with Crippen molar-refractivity contribution in [3.05, 3.63) is 29.0 Å². The van der Waals surface area contributed by atoms with E-state index in [-0.39, 0.29) is 6.61 Å². The van der Waals surface area contributed by atoms with Gasteiger partial charge in [0.1, 0.15) is 5.15 Å². The van der Waals surface area contributed by atoms with Gasteiger partial charge in [-0.2, -0.15) is 11.8 Å². The molecule has 0 amide bonds. The third kappa shape index (κ3) is 4.31. The molecule has 0 radical (unpaired) electrons. The van der Waals surface area contributed by atoms with E-state index in [1.54, 1.807) is 6.20 Å². The molecule has 0 aliphatic heterocycles. The molecular weight excluding hydrogens is 218 g/mol. The SMILES string of the molecule is CC(CCO)SCc1ccnc(Cl)c1. The van der Waals surface area contributed by atoms with Crippen LogP contribution in [0.5, 0.6) is 0 Å². The lowest BCUT2D eigenvalue weighted by atomic mass is 10.3. The third-order valence-corrected chi connectivity index (χ3v) is 3.37. The van der Waals surface area contributed by atoms with Gasteiger partial charge in [-0.05, 0) is 24.1 Å². The number of pyridine rings is 1. The third-order valence-electron chi connectivity index (χ3n) is 1.86. The van der Waals surface area contributed by atoms with Gasteiger partial charge in [0.25, 0.3) is 0 Å². The second kappa shape index (κ2) is 6.27. The Morgan fingerprint density at radius 2 is 2.43 bits per heavy atom. The molecular formula is C10H14ClNOS. The van der Waals surface area contributed by atoms with E-state index in [1.165, 1.54) is 5.56 Å². The van der Waals surface area contributed by atoms with Crippen LogP contribution in [0.2, 0.25) is 5.15 Å². The van der Waals surface area contributed by atoms with Crippen molar-refractivity contribution in [1.29, 1.82) is 0 Å². The van der Waals surface area contributed by atoms with Crippen LogP contribution in [0.3, 0.4) is 0 Å². The quantitative estimate of drug-likeness (QED) is 0.792. The van der Waals surface area contributed by atoms with Crippen LogP contribution in [0, 0.1) is 0 Å². The van der Waals surface area contributed by atoms with E-state index in [4.69, 9.17) is 16.7 Å².